The van der Waals surface area contributed by atoms with Gasteiger partial charge in [0.1, 0.15) is 22.9 Å². The number of nitrogens with zero attached hydrogens (tertiary/aromatic N) is 8. The van der Waals surface area contributed by atoms with Crippen molar-refractivity contribution < 1.29 is 19.4 Å². The second-order valence-electron chi connectivity index (χ2n) is 17.2. The number of carbonyl (C=O) groups excluding carboxylic acids is 2. The highest BCUT2D eigenvalue weighted by molar-refractivity contribution is 6.29. The van der Waals surface area contributed by atoms with Crippen molar-refractivity contribution in [1.29, 1.82) is 10.5 Å². The van der Waals surface area contributed by atoms with Crippen LogP contribution < -0.4 is 15.9 Å². The maximum Gasteiger partial charge on any atom is 0.257 e. The van der Waals surface area contributed by atoms with Gasteiger partial charge in [-0.2, -0.15) is 15.5 Å². The molecule has 0 aliphatic heterocycles. The minimum Gasteiger partial charge on any atom is -0.474 e. The van der Waals surface area contributed by atoms with Crippen LogP contribution in [-0.4, -0.2) is 59.1 Å². The van der Waals surface area contributed by atoms with E-state index in [9.17, 15) is 19.2 Å². The third kappa shape index (κ3) is 15.8. The molecule has 0 aromatic carbocycles. The zero-order chi connectivity index (χ0) is 44.4. The van der Waals surface area contributed by atoms with Crippen LogP contribution in [0.5, 0.6) is 5.88 Å². The van der Waals surface area contributed by atoms with E-state index in [1.165, 1.54) is 21.3 Å². The fourth-order valence-corrected chi connectivity index (χ4v) is 7.92. The van der Waals surface area contributed by atoms with Crippen molar-refractivity contribution >= 4 is 23.2 Å². The molecule has 0 spiro atoms. The number of nitriles is 2. The van der Waals surface area contributed by atoms with Crippen molar-refractivity contribution in [3.05, 3.63) is 72.5 Å². The van der Waals surface area contributed by atoms with Crippen LogP contribution in [0.25, 0.3) is 9.69 Å². The number of ketones is 2. The van der Waals surface area contributed by atoms with Crippen LogP contribution in [0.15, 0.2) is 21.7 Å². The molecule has 2 aromatic rings. The molecule has 2 aromatic heterocycles. The predicted molar refractivity (Wildman–Crippen MR) is 230 cm³/mol. The van der Waals surface area contributed by atoms with E-state index in [0.29, 0.717) is 30.4 Å². The second-order valence-corrected chi connectivity index (χ2v) is 17.6. The van der Waals surface area contributed by atoms with Gasteiger partial charge in [-0.25, -0.2) is 18.1 Å². The first-order valence-corrected chi connectivity index (χ1v) is 22.5. The lowest BCUT2D eigenvalue weighted by Gasteiger charge is -2.25. The topological polar surface area (TPSA) is 190 Å². The molecule has 328 valence electrons. The van der Waals surface area contributed by atoms with Crippen molar-refractivity contribution in [2.45, 2.75) is 191 Å². The van der Waals surface area contributed by atoms with E-state index in [0.717, 1.165) is 116 Å². The summed E-state index contributed by atoms with van der Waals surface area (Å²) in [6.45, 7) is 18.6. The molecule has 4 aliphatic carbocycles. The van der Waals surface area contributed by atoms with Crippen molar-refractivity contribution in [3.8, 4) is 18.0 Å². The van der Waals surface area contributed by atoms with Gasteiger partial charge >= 0.3 is 0 Å². The zero-order valence-corrected chi connectivity index (χ0v) is 36.6. The van der Waals surface area contributed by atoms with Crippen LogP contribution in [0.2, 0.25) is 5.15 Å². The SMILES string of the molecule is N#CC1CCC(O)CC1.[C-]#[N+]C1(CC(=O)Cn2c(CCCCC)nc(Cl)cc2=O)CC1.[C-]#[N+]C1(CC(=O)Cn2c(CCCCC)nc(OC3CCC(C#N)CC3)cc2=O)CC1. The lowest BCUT2D eigenvalue weighted by molar-refractivity contribution is -0.120. The van der Waals surface area contributed by atoms with Gasteiger partial charge in [-0.3, -0.25) is 28.3 Å². The first-order valence-electron chi connectivity index (χ1n) is 22.1. The van der Waals surface area contributed by atoms with Crippen LogP contribution in [-0.2, 0) is 35.5 Å². The molecule has 1 N–H and O–H groups in total. The van der Waals surface area contributed by atoms with Gasteiger partial charge in [0.15, 0.2) is 11.6 Å². The number of aliphatic hydroxyl groups excluding tert-OH is 1. The van der Waals surface area contributed by atoms with Gasteiger partial charge in [-0.15, -0.1) is 0 Å². The van der Waals surface area contributed by atoms with E-state index in [1.54, 1.807) is 0 Å². The predicted octanol–water partition coefficient (Wildman–Crippen LogP) is 7.95. The molecule has 4 aliphatic rings. The molecule has 0 radical (unpaired) electrons. The Kier molecular flexibility index (Phi) is 19.1. The minimum atomic E-state index is -0.526. The fourth-order valence-electron chi connectivity index (χ4n) is 7.73. The number of ether oxygens (including phenoxy) is 1. The second kappa shape index (κ2) is 23.9. The summed E-state index contributed by atoms with van der Waals surface area (Å²) in [4.78, 5) is 65.6. The third-order valence-corrected chi connectivity index (χ3v) is 12.2. The largest absolute Gasteiger partial charge is 0.474 e. The van der Waals surface area contributed by atoms with Crippen LogP contribution in [0.4, 0.5) is 0 Å². The summed E-state index contributed by atoms with van der Waals surface area (Å²) in [6, 6.07) is 7.13. The summed E-state index contributed by atoms with van der Waals surface area (Å²) in [5.74, 6) is 1.59. The Hall–Kier alpha value is -4.89. The number of aliphatic hydroxyl groups is 1. The van der Waals surface area contributed by atoms with Crippen LogP contribution in [0.1, 0.15) is 154 Å². The molecule has 61 heavy (non-hydrogen) atoms. The summed E-state index contributed by atoms with van der Waals surface area (Å²) in [7, 11) is 0. The molecule has 15 heteroatoms. The number of halogens is 1. The number of rotatable bonds is 18. The van der Waals surface area contributed by atoms with Crippen molar-refractivity contribution in [2.75, 3.05) is 0 Å². The minimum absolute atomic E-state index is 0.0122. The maximum atomic E-state index is 12.8. The van der Waals surface area contributed by atoms with Crippen LogP contribution >= 0.6 is 11.6 Å². The molecule has 4 saturated carbocycles. The summed E-state index contributed by atoms with van der Waals surface area (Å²) in [5.41, 5.74) is -1.60. The fraction of sp³-hybridized carbons (Fsp3) is 0.696. The quantitative estimate of drug-likeness (QED) is 0.0875. The number of aryl methyl sites for hydroxylation is 2. The summed E-state index contributed by atoms with van der Waals surface area (Å²) in [6.07, 6.45) is 17.1. The Bertz CT molecular complexity index is 2080. The van der Waals surface area contributed by atoms with E-state index in [-0.39, 0.29) is 77.8 Å². The zero-order valence-electron chi connectivity index (χ0n) is 35.9. The monoisotopic (exact) mass is 856 g/mol. The average molecular weight is 857 g/mol. The maximum absolute atomic E-state index is 12.8. The number of aromatic nitrogens is 4. The van der Waals surface area contributed by atoms with Crippen molar-refractivity contribution in [3.63, 3.8) is 0 Å². The van der Waals surface area contributed by atoms with Crippen LogP contribution in [0.3, 0.4) is 0 Å². The van der Waals surface area contributed by atoms with Crippen molar-refractivity contribution in [2.24, 2.45) is 11.8 Å². The number of unbranched alkanes of at least 4 members (excludes halogenated alkanes) is 4. The van der Waals surface area contributed by atoms with Gasteiger partial charge in [0.05, 0.1) is 50.2 Å². The molecular weight excluding hydrogens is 796 g/mol. The highest BCUT2D eigenvalue weighted by atomic mass is 35.5. The van der Waals surface area contributed by atoms with E-state index < -0.39 is 11.1 Å². The average Bonchev–Trinajstić information content (AvgIpc) is 4.19. The molecular formula is C46H61ClN8O6. The first kappa shape index (κ1) is 48.8. The highest BCUT2D eigenvalue weighted by Gasteiger charge is 2.52. The molecule has 14 nitrogen and oxygen atoms in total. The molecule has 0 unspecified atom stereocenters. The molecule has 0 bridgehead atoms. The smallest absolute Gasteiger partial charge is 0.257 e. The van der Waals surface area contributed by atoms with Gasteiger partial charge in [-0.1, -0.05) is 51.1 Å². The molecule has 0 atom stereocenters. The standard InChI is InChI=1S/C23H30N4O3.C16H20ClN3O2.C7H11NO/c1-3-4-5-6-20-26-21(30-19-9-7-17(15-24)8-10-19)13-22(29)27(20)16-18(28)14-23(25-2)11-12-23;1-3-4-5-6-14-19-13(17)9-15(22)20(14)11-12(21)10-16(18-2)7-8-16;8-5-6-1-3-7(9)4-2-6/h13,17,19H,3-12,14,16H2,1H3;9H,3-8,10-11H2,1H3;6-7,9H,1-4H2. The Balaban J connectivity index is 0.000000230. The molecule has 0 saturated heterocycles. The lowest BCUT2D eigenvalue weighted by atomic mass is 9.88. The highest BCUT2D eigenvalue weighted by Crippen LogP contribution is 2.44. The number of hydrogen-bond acceptors (Lipinski definition) is 10. The van der Waals surface area contributed by atoms with Crippen molar-refractivity contribution in [1.82, 2.24) is 19.1 Å². The molecule has 0 amide bonds. The number of hydrogen-bond donors (Lipinski definition) is 1. The van der Waals surface area contributed by atoms with E-state index >= 15 is 0 Å². The normalized spacial score (nSPS) is 21.6. The van der Waals surface area contributed by atoms with Gasteiger partial charge in [0.2, 0.25) is 17.0 Å². The number of carbonyl (C=O) groups is 2. The Morgan fingerprint density at radius 1 is 0.770 bits per heavy atom. The summed E-state index contributed by atoms with van der Waals surface area (Å²) >= 11 is 5.86. The first-order chi connectivity index (χ1) is 29.3. The van der Waals surface area contributed by atoms with Gasteiger partial charge < -0.3 is 19.5 Å². The summed E-state index contributed by atoms with van der Waals surface area (Å²) in [5, 5.41) is 26.7. The van der Waals surface area contributed by atoms with E-state index in [1.807, 2.05) is 0 Å². The van der Waals surface area contributed by atoms with Crippen LogP contribution in [0, 0.1) is 47.6 Å². The Labute approximate surface area is 364 Å². The lowest BCUT2D eigenvalue weighted by Crippen LogP contribution is -2.31. The molecule has 4 fully saturated rings. The summed E-state index contributed by atoms with van der Waals surface area (Å²) < 4.78 is 8.85. The van der Waals surface area contributed by atoms with Gasteiger partial charge in [-0.05, 0) is 64.2 Å². The third-order valence-electron chi connectivity index (χ3n) is 12.0. The molecule has 2 heterocycles. The molecule has 6 rings (SSSR count). The number of Topliss-reactive ketones (excluding diaryl/α,β-unsaturated/α-hetero) is 2. The van der Waals surface area contributed by atoms with E-state index in [4.69, 9.17) is 45.1 Å². The van der Waals surface area contributed by atoms with Gasteiger partial charge in [0.25, 0.3) is 11.1 Å². The van der Waals surface area contributed by atoms with Gasteiger partial charge in [0, 0.05) is 56.4 Å². The Morgan fingerprint density at radius 3 is 1.64 bits per heavy atom. The Morgan fingerprint density at radius 2 is 1.21 bits per heavy atom. The van der Waals surface area contributed by atoms with E-state index in [2.05, 4.69) is 45.6 Å².